The van der Waals surface area contributed by atoms with Crippen LogP contribution in [0.15, 0.2) is 60.0 Å². The molecule has 0 aromatic heterocycles. The highest BCUT2D eigenvalue weighted by atomic mass is 32.2. The van der Waals surface area contributed by atoms with Crippen LogP contribution in [0.3, 0.4) is 0 Å². The van der Waals surface area contributed by atoms with E-state index in [1.54, 1.807) is 19.2 Å². The van der Waals surface area contributed by atoms with Crippen molar-refractivity contribution in [2.45, 2.75) is 6.42 Å². The molecule has 0 atom stereocenters. The van der Waals surface area contributed by atoms with Crippen molar-refractivity contribution in [1.29, 1.82) is 0 Å². The predicted octanol–water partition coefficient (Wildman–Crippen LogP) is 2.29. The smallest absolute Gasteiger partial charge is 0.236 e. The number of hydrogen-bond acceptors (Lipinski definition) is 4. The molecule has 0 bridgehead atoms. The summed E-state index contributed by atoms with van der Waals surface area (Å²) in [5.41, 5.74) is 1.75. The van der Waals surface area contributed by atoms with Crippen LogP contribution in [-0.4, -0.2) is 45.9 Å². The summed E-state index contributed by atoms with van der Waals surface area (Å²) in [5, 5.41) is 3.84. The van der Waals surface area contributed by atoms with Gasteiger partial charge in [0, 0.05) is 19.0 Å². The molecular formula is C20H24N2O4S. The van der Waals surface area contributed by atoms with Crippen LogP contribution in [0.25, 0.3) is 6.08 Å². The summed E-state index contributed by atoms with van der Waals surface area (Å²) in [4.78, 5) is 12.0. The van der Waals surface area contributed by atoms with Gasteiger partial charge in [-0.15, -0.1) is 0 Å². The number of benzene rings is 2. The lowest BCUT2D eigenvalue weighted by atomic mass is 10.1. The second-order valence-electron chi connectivity index (χ2n) is 5.93. The van der Waals surface area contributed by atoms with E-state index in [9.17, 15) is 13.2 Å². The second kappa shape index (κ2) is 9.89. The minimum absolute atomic E-state index is 0.243. The SMILES string of the molecule is COc1ccccc1CCNC(=O)CN(C)S(=O)(=O)/C=C/c1ccccc1. The molecule has 144 valence electrons. The van der Waals surface area contributed by atoms with Gasteiger partial charge in [-0.05, 0) is 29.7 Å². The molecule has 2 rings (SSSR count). The lowest BCUT2D eigenvalue weighted by Gasteiger charge is -2.14. The molecule has 7 heteroatoms. The van der Waals surface area contributed by atoms with Crippen LogP contribution in [0.4, 0.5) is 0 Å². The third kappa shape index (κ3) is 6.54. The van der Waals surface area contributed by atoms with Gasteiger partial charge in [-0.3, -0.25) is 4.79 Å². The molecule has 2 aromatic rings. The van der Waals surface area contributed by atoms with E-state index in [-0.39, 0.29) is 12.5 Å². The monoisotopic (exact) mass is 388 g/mol. The van der Waals surface area contributed by atoms with Gasteiger partial charge in [0.25, 0.3) is 0 Å². The fourth-order valence-corrected chi connectivity index (χ4v) is 3.26. The number of methoxy groups -OCH3 is 1. The van der Waals surface area contributed by atoms with Gasteiger partial charge >= 0.3 is 0 Å². The molecule has 0 unspecified atom stereocenters. The van der Waals surface area contributed by atoms with E-state index >= 15 is 0 Å². The number of nitrogens with one attached hydrogen (secondary N) is 1. The topological polar surface area (TPSA) is 75.7 Å². The first-order chi connectivity index (χ1) is 12.9. The van der Waals surface area contributed by atoms with Gasteiger partial charge in [-0.25, -0.2) is 8.42 Å². The number of likely N-dealkylation sites (N-methyl/N-ethyl adjacent to an activating group) is 1. The number of carbonyl (C=O) groups is 1. The maximum Gasteiger partial charge on any atom is 0.236 e. The van der Waals surface area contributed by atoms with Crippen molar-refractivity contribution in [3.05, 3.63) is 71.1 Å². The second-order valence-corrected chi connectivity index (χ2v) is 7.85. The average molecular weight is 388 g/mol. The van der Waals surface area contributed by atoms with Gasteiger partial charge in [0.2, 0.25) is 15.9 Å². The number of hydrogen-bond donors (Lipinski definition) is 1. The van der Waals surface area contributed by atoms with Gasteiger partial charge in [0.05, 0.1) is 13.7 Å². The minimum atomic E-state index is -3.67. The van der Waals surface area contributed by atoms with E-state index in [1.165, 1.54) is 13.1 Å². The molecule has 1 N–H and O–H groups in total. The predicted molar refractivity (Wildman–Crippen MR) is 107 cm³/mol. The van der Waals surface area contributed by atoms with Crippen molar-refractivity contribution < 1.29 is 17.9 Å². The molecule has 2 aromatic carbocycles. The van der Waals surface area contributed by atoms with Gasteiger partial charge in [-0.1, -0.05) is 48.5 Å². The molecule has 1 amide bonds. The van der Waals surface area contributed by atoms with Crippen LogP contribution in [0.2, 0.25) is 0 Å². The summed E-state index contributed by atoms with van der Waals surface area (Å²) in [5.74, 6) is 0.404. The first-order valence-electron chi connectivity index (χ1n) is 8.50. The standard InChI is InChI=1S/C20H24N2O4S/c1-22(27(24,25)15-13-17-8-4-3-5-9-17)16-20(23)21-14-12-18-10-6-7-11-19(18)26-2/h3-11,13,15H,12,14,16H2,1-2H3,(H,21,23)/b15-13+. The van der Waals surface area contributed by atoms with E-state index in [2.05, 4.69) is 5.32 Å². The number of ether oxygens (including phenoxy) is 1. The Morgan fingerprint density at radius 2 is 1.78 bits per heavy atom. The first kappa shape index (κ1) is 20.7. The van der Waals surface area contributed by atoms with Crippen LogP contribution in [0.5, 0.6) is 5.75 Å². The highest BCUT2D eigenvalue weighted by Gasteiger charge is 2.17. The van der Waals surface area contributed by atoms with Gasteiger partial charge in [-0.2, -0.15) is 4.31 Å². The number of amides is 1. The third-order valence-corrected chi connectivity index (χ3v) is 5.42. The molecule has 0 aliphatic rings. The number of carbonyl (C=O) groups excluding carboxylic acids is 1. The highest BCUT2D eigenvalue weighted by molar-refractivity contribution is 7.92. The Bertz CT molecular complexity index is 880. The van der Waals surface area contributed by atoms with Crippen LogP contribution >= 0.6 is 0 Å². The van der Waals surface area contributed by atoms with Crippen molar-refractivity contribution >= 4 is 22.0 Å². The van der Waals surface area contributed by atoms with Crippen LogP contribution in [0, 0.1) is 0 Å². The van der Waals surface area contributed by atoms with E-state index < -0.39 is 10.0 Å². The zero-order valence-electron chi connectivity index (χ0n) is 15.5. The molecule has 0 saturated heterocycles. The third-order valence-electron chi connectivity index (χ3n) is 3.94. The van der Waals surface area contributed by atoms with Crippen molar-refractivity contribution in [2.75, 3.05) is 27.2 Å². The van der Waals surface area contributed by atoms with Crippen LogP contribution in [-0.2, 0) is 21.2 Å². The van der Waals surface area contributed by atoms with E-state index in [1.807, 2.05) is 42.5 Å². The molecule has 0 heterocycles. The summed E-state index contributed by atoms with van der Waals surface area (Å²) >= 11 is 0. The molecule has 0 aliphatic carbocycles. The zero-order valence-corrected chi connectivity index (χ0v) is 16.3. The maximum atomic E-state index is 12.3. The van der Waals surface area contributed by atoms with Crippen LogP contribution < -0.4 is 10.1 Å². The fourth-order valence-electron chi connectivity index (χ4n) is 2.43. The fraction of sp³-hybridized carbons (Fsp3) is 0.250. The normalized spacial score (nSPS) is 11.7. The summed E-state index contributed by atoms with van der Waals surface area (Å²) in [6.45, 7) is 0.153. The molecule has 27 heavy (non-hydrogen) atoms. The van der Waals surface area contributed by atoms with Gasteiger partial charge in [0.15, 0.2) is 0 Å². The molecular weight excluding hydrogens is 364 g/mol. The summed E-state index contributed by atoms with van der Waals surface area (Å²) in [6.07, 6.45) is 2.10. The summed E-state index contributed by atoms with van der Waals surface area (Å²) in [7, 11) is -0.693. The Kier molecular flexibility index (Phi) is 7.57. The van der Waals surface area contributed by atoms with Crippen molar-refractivity contribution in [3.8, 4) is 5.75 Å². The molecule has 0 fully saturated rings. The molecule has 0 radical (unpaired) electrons. The van der Waals surface area contributed by atoms with Gasteiger partial charge < -0.3 is 10.1 Å². The Balaban J connectivity index is 1.84. The Morgan fingerprint density at radius 1 is 1.11 bits per heavy atom. The number of para-hydroxylation sites is 1. The van der Waals surface area contributed by atoms with E-state index in [4.69, 9.17) is 4.74 Å². The lowest BCUT2D eigenvalue weighted by Crippen LogP contribution is -2.38. The number of nitrogens with zero attached hydrogens (tertiary/aromatic N) is 1. The minimum Gasteiger partial charge on any atom is -0.496 e. The molecule has 6 nitrogen and oxygen atoms in total. The summed E-state index contributed by atoms with van der Waals surface area (Å²) in [6, 6.07) is 16.7. The van der Waals surface area contributed by atoms with E-state index in [0.29, 0.717) is 13.0 Å². The molecule has 0 aliphatic heterocycles. The number of rotatable bonds is 9. The average Bonchev–Trinajstić information content (AvgIpc) is 2.67. The summed E-state index contributed by atoms with van der Waals surface area (Å²) < 4.78 is 30.8. The Hall–Kier alpha value is -2.64. The quantitative estimate of drug-likeness (QED) is 0.715. The zero-order chi connectivity index (χ0) is 19.7. The Labute approximate surface area is 160 Å². The highest BCUT2D eigenvalue weighted by Crippen LogP contribution is 2.17. The van der Waals surface area contributed by atoms with E-state index in [0.717, 1.165) is 26.6 Å². The molecule has 0 spiro atoms. The number of sulfonamides is 1. The first-order valence-corrected chi connectivity index (χ1v) is 10.0. The Morgan fingerprint density at radius 3 is 2.48 bits per heavy atom. The van der Waals surface area contributed by atoms with Crippen molar-refractivity contribution in [2.24, 2.45) is 0 Å². The van der Waals surface area contributed by atoms with Crippen molar-refractivity contribution in [3.63, 3.8) is 0 Å². The molecule has 0 saturated carbocycles. The lowest BCUT2D eigenvalue weighted by molar-refractivity contribution is -0.121. The van der Waals surface area contributed by atoms with Crippen LogP contribution in [0.1, 0.15) is 11.1 Å². The van der Waals surface area contributed by atoms with Gasteiger partial charge in [0.1, 0.15) is 5.75 Å². The largest absolute Gasteiger partial charge is 0.496 e. The van der Waals surface area contributed by atoms with Crippen molar-refractivity contribution in [1.82, 2.24) is 9.62 Å². The maximum absolute atomic E-state index is 12.3.